The highest BCUT2D eigenvalue weighted by Crippen LogP contribution is 2.19. The van der Waals surface area contributed by atoms with E-state index in [9.17, 15) is 18.0 Å². The highest BCUT2D eigenvalue weighted by Gasteiger charge is 2.29. The van der Waals surface area contributed by atoms with E-state index >= 15 is 0 Å². The molecule has 0 bridgehead atoms. The highest BCUT2D eigenvalue weighted by molar-refractivity contribution is 7.89. The average Bonchev–Trinajstić information content (AvgIpc) is 3.24. The summed E-state index contributed by atoms with van der Waals surface area (Å²) in [6, 6.07) is 8.28. The smallest absolute Gasteiger partial charge is 0.251 e. The summed E-state index contributed by atoms with van der Waals surface area (Å²) >= 11 is 0. The van der Waals surface area contributed by atoms with Crippen LogP contribution in [0, 0.1) is 12.8 Å². The van der Waals surface area contributed by atoms with Crippen molar-refractivity contribution in [2.75, 3.05) is 26.3 Å². The van der Waals surface area contributed by atoms with Crippen LogP contribution >= 0.6 is 0 Å². The van der Waals surface area contributed by atoms with Crippen LogP contribution in [0.2, 0.25) is 0 Å². The first kappa shape index (κ1) is 24.9. The number of carbonyl (C=O) groups is 2. The average molecular weight is 478 g/mol. The second-order valence-electron chi connectivity index (χ2n) is 8.42. The van der Waals surface area contributed by atoms with Gasteiger partial charge in [-0.1, -0.05) is 19.9 Å². The number of hydrogen-bond acceptors (Lipinski definition) is 6. The zero-order chi connectivity index (χ0) is 24.2. The lowest BCUT2D eigenvalue weighted by Crippen LogP contribution is -2.50. The quantitative estimate of drug-likeness (QED) is 0.602. The maximum atomic E-state index is 12.9. The van der Waals surface area contributed by atoms with Gasteiger partial charge in [-0.2, -0.15) is 4.31 Å². The van der Waals surface area contributed by atoms with Crippen LogP contribution < -0.4 is 10.6 Å². The van der Waals surface area contributed by atoms with Gasteiger partial charge in [-0.25, -0.2) is 8.42 Å². The monoisotopic (exact) mass is 477 g/mol. The molecule has 1 fully saturated rings. The maximum absolute atomic E-state index is 12.9. The number of furan rings is 1. The summed E-state index contributed by atoms with van der Waals surface area (Å²) in [5.41, 5.74) is 0.164. The molecule has 1 aliphatic rings. The SMILES string of the molecule is Cc1ccc(C(C)NC(=O)C(NC(=O)c2cccc(S(=O)(=O)N3CCOCC3)c2)C(C)C)o1. The molecule has 1 saturated heterocycles. The van der Waals surface area contributed by atoms with Crippen molar-refractivity contribution in [1.82, 2.24) is 14.9 Å². The second-order valence-corrected chi connectivity index (χ2v) is 10.4. The summed E-state index contributed by atoms with van der Waals surface area (Å²) < 4.78 is 38.0. The van der Waals surface area contributed by atoms with E-state index in [1.807, 2.05) is 26.8 Å². The molecule has 1 aromatic heterocycles. The fraction of sp³-hybridized carbons (Fsp3) is 0.478. The number of hydrogen-bond donors (Lipinski definition) is 2. The van der Waals surface area contributed by atoms with Crippen molar-refractivity contribution < 1.29 is 27.2 Å². The molecule has 2 amide bonds. The number of aryl methyl sites for hydroxylation is 1. The minimum absolute atomic E-state index is 0.0319. The van der Waals surface area contributed by atoms with Crippen molar-refractivity contribution in [3.05, 3.63) is 53.5 Å². The van der Waals surface area contributed by atoms with Gasteiger partial charge in [0.2, 0.25) is 15.9 Å². The van der Waals surface area contributed by atoms with Gasteiger partial charge in [0.05, 0.1) is 24.2 Å². The Hall–Kier alpha value is -2.69. The van der Waals surface area contributed by atoms with Crippen molar-refractivity contribution in [2.45, 2.75) is 44.7 Å². The van der Waals surface area contributed by atoms with Gasteiger partial charge in [-0.05, 0) is 50.1 Å². The lowest BCUT2D eigenvalue weighted by Gasteiger charge is -2.26. The number of nitrogens with one attached hydrogen (secondary N) is 2. The molecule has 3 rings (SSSR count). The predicted octanol–water partition coefficient (Wildman–Crippen LogP) is 2.24. The summed E-state index contributed by atoms with van der Waals surface area (Å²) in [5, 5.41) is 5.61. The van der Waals surface area contributed by atoms with Crippen LogP contribution in [0.15, 0.2) is 45.7 Å². The Kier molecular flexibility index (Phi) is 7.93. The molecule has 0 saturated carbocycles. The molecule has 1 aliphatic heterocycles. The van der Waals surface area contributed by atoms with Crippen LogP contribution in [0.25, 0.3) is 0 Å². The number of nitrogens with zero attached hydrogens (tertiary/aromatic N) is 1. The largest absolute Gasteiger partial charge is 0.464 e. The molecule has 0 aliphatic carbocycles. The van der Waals surface area contributed by atoms with Gasteiger partial charge >= 0.3 is 0 Å². The van der Waals surface area contributed by atoms with Crippen LogP contribution in [0.5, 0.6) is 0 Å². The molecule has 2 unspecified atom stereocenters. The van der Waals surface area contributed by atoms with Gasteiger partial charge in [-0.15, -0.1) is 0 Å². The first-order valence-electron chi connectivity index (χ1n) is 10.9. The molecule has 2 atom stereocenters. The van der Waals surface area contributed by atoms with E-state index < -0.39 is 22.0 Å². The third kappa shape index (κ3) is 6.01. The molecule has 2 heterocycles. The van der Waals surface area contributed by atoms with E-state index in [0.29, 0.717) is 19.0 Å². The number of morpholine rings is 1. The normalized spacial score (nSPS) is 16.9. The standard InChI is InChI=1S/C23H31N3O6S/c1-15(2)21(23(28)24-17(4)20-9-8-16(3)32-20)25-22(27)18-6-5-7-19(14-18)33(29,30)26-10-12-31-13-11-26/h5-9,14-15,17,21H,10-13H2,1-4H3,(H,24,28)(H,25,27). The summed E-state index contributed by atoms with van der Waals surface area (Å²) in [4.78, 5) is 25.9. The lowest BCUT2D eigenvalue weighted by atomic mass is 10.0. The molecule has 9 nitrogen and oxygen atoms in total. The molecule has 0 radical (unpaired) electrons. The highest BCUT2D eigenvalue weighted by atomic mass is 32.2. The van der Waals surface area contributed by atoms with E-state index in [0.717, 1.165) is 5.76 Å². The Labute approximate surface area is 194 Å². The fourth-order valence-electron chi connectivity index (χ4n) is 3.55. The Bertz CT molecular complexity index is 1090. The van der Waals surface area contributed by atoms with Gasteiger partial charge in [-0.3, -0.25) is 9.59 Å². The number of carbonyl (C=O) groups excluding carboxylic acids is 2. The number of sulfonamides is 1. The van der Waals surface area contributed by atoms with Crippen LogP contribution in [0.3, 0.4) is 0 Å². The van der Waals surface area contributed by atoms with Crippen LogP contribution in [-0.2, 0) is 19.6 Å². The van der Waals surface area contributed by atoms with Crippen LogP contribution in [-0.4, -0.2) is 56.9 Å². The second kappa shape index (κ2) is 10.5. The molecular formula is C23H31N3O6S. The minimum Gasteiger partial charge on any atom is -0.464 e. The Morgan fingerprint density at radius 3 is 2.33 bits per heavy atom. The first-order valence-corrected chi connectivity index (χ1v) is 12.4. The number of ether oxygens (including phenoxy) is 1. The molecule has 1 aromatic carbocycles. The topological polar surface area (TPSA) is 118 Å². The van der Waals surface area contributed by atoms with Crippen molar-refractivity contribution >= 4 is 21.8 Å². The van der Waals surface area contributed by atoms with E-state index in [1.165, 1.54) is 28.6 Å². The van der Waals surface area contributed by atoms with Crippen LogP contribution in [0.1, 0.15) is 48.7 Å². The number of benzene rings is 1. The van der Waals surface area contributed by atoms with Gasteiger partial charge in [0.25, 0.3) is 5.91 Å². The minimum atomic E-state index is -3.74. The Balaban J connectivity index is 1.72. The summed E-state index contributed by atoms with van der Waals surface area (Å²) in [6.45, 7) is 8.47. The van der Waals surface area contributed by atoms with Gasteiger partial charge in [0, 0.05) is 18.7 Å². The first-order chi connectivity index (χ1) is 15.6. The van der Waals surface area contributed by atoms with E-state index in [2.05, 4.69) is 10.6 Å². The van der Waals surface area contributed by atoms with Crippen molar-refractivity contribution in [3.63, 3.8) is 0 Å². The zero-order valence-corrected chi connectivity index (χ0v) is 20.1. The third-order valence-corrected chi connectivity index (χ3v) is 7.38. The Morgan fingerprint density at radius 2 is 1.73 bits per heavy atom. The van der Waals surface area contributed by atoms with Gasteiger partial charge < -0.3 is 19.8 Å². The van der Waals surface area contributed by atoms with E-state index in [4.69, 9.17) is 9.15 Å². The molecule has 2 N–H and O–H groups in total. The van der Waals surface area contributed by atoms with E-state index in [-0.39, 0.29) is 41.4 Å². The van der Waals surface area contributed by atoms with Gasteiger partial charge in [0.1, 0.15) is 17.6 Å². The molecule has 0 spiro atoms. The lowest BCUT2D eigenvalue weighted by molar-refractivity contribution is -0.124. The molecule has 33 heavy (non-hydrogen) atoms. The zero-order valence-electron chi connectivity index (χ0n) is 19.3. The van der Waals surface area contributed by atoms with E-state index in [1.54, 1.807) is 13.0 Å². The summed E-state index contributed by atoms with van der Waals surface area (Å²) in [7, 11) is -3.74. The van der Waals surface area contributed by atoms with Gasteiger partial charge in [0.15, 0.2) is 0 Å². The summed E-state index contributed by atoms with van der Waals surface area (Å²) in [5.74, 6) is 0.295. The Morgan fingerprint density at radius 1 is 1.03 bits per heavy atom. The number of amides is 2. The van der Waals surface area contributed by atoms with Crippen LogP contribution in [0.4, 0.5) is 0 Å². The number of rotatable bonds is 8. The molecule has 180 valence electrons. The molecular weight excluding hydrogens is 446 g/mol. The van der Waals surface area contributed by atoms with Crippen molar-refractivity contribution in [3.8, 4) is 0 Å². The molecule has 10 heteroatoms. The van der Waals surface area contributed by atoms with Crippen molar-refractivity contribution in [1.29, 1.82) is 0 Å². The summed E-state index contributed by atoms with van der Waals surface area (Å²) in [6.07, 6.45) is 0. The maximum Gasteiger partial charge on any atom is 0.251 e. The van der Waals surface area contributed by atoms with Crippen molar-refractivity contribution in [2.24, 2.45) is 5.92 Å². The fourth-order valence-corrected chi connectivity index (χ4v) is 5.01. The predicted molar refractivity (Wildman–Crippen MR) is 122 cm³/mol. The third-order valence-electron chi connectivity index (χ3n) is 5.49. The molecule has 2 aromatic rings.